The molecule has 1 aliphatic carbocycles. The lowest BCUT2D eigenvalue weighted by molar-refractivity contribution is -0.140. The van der Waals surface area contributed by atoms with Gasteiger partial charge < -0.3 is 33.4 Å². The van der Waals surface area contributed by atoms with Crippen molar-refractivity contribution in [2.45, 2.75) is 105 Å². The first-order valence-electron chi connectivity index (χ1n) is 35.4. The van der Waals surface area contributed by atoms with Crippen molar-refractivity contribution in [1.29, 1.82) is 5.26 Å². The Labute approximate surface area is 638 Å². The number of carbonyl (C=O) groups excluding carboxylic acids is 4. The van der Waals surface area contributed by atoms with E-state index in [1.54, 1.807) is 32.0 Å². The van der Waals surface area contributed by atoms with E-state index in [9.17, 15) is 56.0 Å². The fourth-order valence-corrected chi connectivity index (χ4v) is 13.0. The molecule has 0 amide bonds. The van der Waals surface area contributed by atoms with Crippen molar-refractivity contribution in [3.8, 4) is 40.1 Å². The van der Waals surface area contributed by atoms with E-state index in [2.05, 4.69) is 128 Å². The average molecular weight is 1540 g/mol. The SMILES string of the molecule is C=C(C)C(=O)OCCCNS(=O)(=O)c1ccc(N=Nc2c(C)[nH]n(-c3ccccc3)c2=O)cc1.C=C(C)C(=O)OCCCNS(=O)(=O)c1ccc(N=Nc2c(C)c(C#N)c(O)n(CCC)c2=O)cc1.C=C(C)C(=O)OCCOC(=O)c1ccccc1-c1c2ccc(=[N+](CC)CC)cc-2oc2cc(N(CC)CC)ccc12. The molecular weight excluding hydrogens is 1450 g/mol. The zero-order valence-electron chi connectivity index (χ0n) is 63.2. The van der Waals surface area contributed by atoms with Crippen LogP contribution >= 0.6 is 0 Å². The van der Waals surface area contributed by atoms with E-state index in [0.29, 0.717) is 41.0 Å². The molecule has 5 aromatic carbocycles. The van der Waals surface area contributed by atoms with Crippen LogP contribution in [0.5, 0.6) is 5.88 Å². The van der Waals surface area contributed by atoms with Crippen molar-refractivity contribution in [2.75, 3.05) is 70.6 Å². The van der Waals surface area contributed by atoms with Crippen LogP contribution in [0.2, 0.25) is 0 Å². The molecule has 0 fully saturated rings. The highest BCUT2D eigenvalue weighted by molar-refractivity contribution is 7.89. The normalized spacial score (nSPS) is 11.3. The standard InChI is InChI=1S/C34H39N2O5.C23H27N5O6S.C23H25N5O5S/c1-7-35(8-2)24-15-17-28-30(21-24)41-31-22-25(36(9-3)10-4)16-18-29(31)32(28)26-13-11-12-14-27(26)34(38)40-20-19-39-33(37)23(5)6;1-5-12-28-21(29)19(14-24)16(4)20(22(28)30)27-26-17-7-9-18(10-8-17)35(32,33)25-11-6-13-34-23(31)15(2)3;1-16(2)23(30)33-15-7-14-24-34(31,32)20-12-10-18(11-13-20)25-26-21-17(3)27-28(22(21)29)19-8-5-4-6-9-19/h11-18,21-22H,5,7-10,19-20H2,1-4,6H3;7-10,25,29H,2,5-6,11-13H2,1,3-4H3;4-6,8-13,24,27H,1,7,14-15H2,2-3H3/q+1;;. The van der Waals surface area contributed by atoms with Gasteiger partial charge in [0.1, 0.15) is 49.3 Å². The second-order valence-corrected chi connectivity index (χ2v) is 28.3. The Hall–Kier alpha value is -12.0. The largest absolute Gasteiger partial charge is 0.493 e. The first-order valence-corrected chi connectivity index (χ1v) is 38.4. The van der Waals surface area contributed by atoms with E-state index in [1.165, 1.54) is 74.0 Å². The number of anilines is 1. The third-order valence-corrected chi connectivity index (χ3v) is 19.7. The number of sulfonamides is 2. The lowest BCUT2D eigenvalue weighted by Crippen LogP contribution is -2.29. The number of aryl methyl sites for hydroxylation is 1. The molecule has 0 bridgehead atoms. The number of ether oxygens (including phenoxy) is 4. The zero-order chi connectivity index (χ0) is 80.4. The number of nitrogens with zero attached hydrogens (tertiary/aromatic N) is 9. The van der Waals surface area contributed by atoms with Crippen LogP contribution in [0.1, 0.15) is 102 Å². The highest BCUT2D eigenvalue weighted by atomic mass is 32.2. The van der Waals surface area contributed by atoms with Crippen molar-refractivity contribution in [1.82, 2.24) is 28.4 Å². The van der Waals surface area contributed by atoms with Crippen molar-refractivity contribution in [2.24, 2.45) is 20.5 Å². The number of benzene rings is 6. The molecule has 578 valence electrons. The summed E-state index contributed by atoms with van der Waals surface area (Å²) in [4.78, 5) is 75.3. The zero-order valence-corrected chi connectivity index (χ0v) is 64.8. The summed E-state index contributed by atoms with van der Waals surface area (Å²) in [5.41, 5.74) is 6.81. The Morgan fingerprint density at radius 3 is 1.66 bits per heavy atom. The van der Waals surface area contributed by atoms with E-state index in [1.807, 2.05) is 49.4 Å². The fourth-order valence-electron chi connectivity index (χ4n) is 10.9. The number of aromatic hydroxyl groups is 1. The molecule has 110 heavy (non-hydrogen) atoms. The van der Waals surface area contributed by atoms with Gasteiger partial charge in [-0.15, -0.1) is 10.2 Å². The van der Waals surface area contributed by atoms with Crippen LogP contribution in [0.3, 0.4) is 0 Å². The number of H-pyrrole nitrogens is 1. The summed E-state index contributed by atoms with van der Waals surface area (Å²) >= 11 is 0. The van der Waals surface area contributed by atoms with Crippen LogP contribution in [0, 0.1) is 25.2 Å². The minimum absolute atomic E-state index is 0.00624. The van der Waals surface area contributed by atoms with Gasteiger partial charge in [-0.1, -0.05) is 63.1 Å². The number of para-hydroxylation sites is 1. The minimum Gasteiger partial charge on any atom is -0.493 e. The van der Waals surface area contributed by atoms with Gasteiger partial charge >= 0.3 is 23.9 Å². The van der Waals surface area contributed by atoms with Gasteiger partial charge in [-0.2, -0.15) is 15.5 Å². The van der Waals surface area contributed by atoms with Crippen LogP contribution < -0.4 is 35.4 Å². The Kier molecular flexibility index (Phi) is 31.2. The van der Waals surface area contributed by atoms with Crippen molar-refractivity contribution < 1.29 is 64.5 Å². The highest BCUT2D eigenvalue weighted by Gasteiger charge is 2.25. The number of esters is 4. The summed E-state index contributed by atoms with van der Waals surface area (Å²) in [5, 5.41) is 40.6. The van der Waals surface area contributed by atoms with Gasteiger partial charge in [0.2, 0.25) is 31.3 Å². The third-order valence-electron chi connectivity index (χ3n) is 16.7. The van der Waals surface area contributed by atoms with E-state index >= 15 is 0 Å². The number of hydrogen-bond acceptors (Lipinski definition) is 22. The topological polar surface area (TPSA) is 370 Å². The smallest absolute Gasteiger partial charge is 0.338 e. The molecule has 2 aliphatic rings. The molecule has 0 atom stereocenters. The Balaban J connectivity index is 0.000000231. The number of nitriles is 1. The van der Waals surface area contributed by atoms with Crippen LogP contribution in [-0.2, 0) is 59.9 Å². The highest BCUT2D eigenvalue weighted by Crippen LogP contribution is 2.42. The molecule has 1 aliphatic heterocycles. The monoisotopic (exact) mass is 1540 g/mol. The van der Waals surface area contributed by atoms with Crippen molar-refractivity contribution >= 4 is 83.3 Å². The molecule has 2 aromatic heterocycles. The summed E-state index contributed by atoms with van der Waals surface area (Å²) in [6.07, 6.45) is 1.17. The first-order chi connectivity index (χ1) is 52.5. The number of carbonyl (C=O) groups is 4. The molecule has 3 heterocycles. The maximum atomic E-state index is 13.3. The van der Waals surface area contributed by atoms with Gasteiger partial charge in [-0.3, -0.25) is 19.3 Å². The molecular formula is C80H91N12O16S2+. The van der Waals surface area contributed by atoms with E-state index in [4.69, 9.17) is 23.4 Å². The Morgan fingerprint density at radius 1 is 0.627 bits per heavy atom. The lowest BCUT2D eigenvalue weighted by atomic mass is 9.90. The molecule has 0 radical (unpaired) electrons. The Morgan fingerprint density at radius 2 is 1.15 bits per heavy atom. The van der Waals surface area contributed by atoms with Gasteiger partial charge in [0.25, 0.3) is 11.1 Å². The number of rotatable bonds is 32. The van der Waals surface area contributed by atoms with Crippen molar-refractivity contribution in [3.63, 3.8) is 0 Å². The van der Waals surface area contributed by atoms with E-state index in [-0.39, 0.29) is 107 Å². The molecule has 0 saturated heterocycles. The van der Waals surface area contributed by atoms with Gasteiger partial charge in [0, 0.05) is 89.3 Å². The van der Waals surface area contributed by atoms with Gasteiger partial charge in [0.15, 0.2) is 11.4 Å². The second kappa shape index (κ2) is 40.2. The van der Waals surface area contributed by atoms with Crippen molar-refractivity contribution in [3.05, 3.63) is 224 Å². The fraction of sp³-hybridized carbons (Fsp3) is 0.300. The summed E-state index contributed by atoms with van der Waals surface area (Å²) in [6, 6.07) is 42.1. The molecule has 9 rings (SSSR count). The van der Waals surface area contributed by atoms with Crippen LogP contribution in [-0.4, -0.2) is 126 Å². The third kappa shape index (κ3) is 22.3. The number of nitrogens with one attached hydrogen (secondary N) is 3. The number of aromatic amines is 1. The predicted octanol–water partition coefficient (Wildman–Crippen LogP) is 13.2. The molecule has 0 unspecified atom stereocenters. The summed E-state index contributed by atoms with van der Waals surface area (Å²) in [5.74, 6) is -1.72. The first kappa shape index (κ1) is 85.2. The number of aromatic nitrogens is 3. The summed E-state index contributed by atoms with van der Waals surface area (Å²) in [7, 11) is -7.54. The number of azo groups is 2. The summed E-state index contributed by atoms with van der Waals surface area (Å²) in [6.45, 7) is 32.6. The van der Waals surface area contributed by atoms with Gasteiger partial charge in [-0.05, 0) is 172 Å². The molecule has 0 spiro atoms. The van der Waals surface area contributed by atoms with Crippen LogP contribution in [0.15, 0.2) is 220 Å². The molecule has 30 heteroatoms. The number of hydrogen-bond donors (Lipinski definition) is 4. The molecule has 7 aromatic rings. The van der Waals surface area contributed by atoms with Gasteiger partial charge in [-0.25, -0.2) is 54.7 Å². The number of fused-ring (bicyclic) bond motifs is 2. The number of pyridine rings is 1. The maximum Gasteiger partial charge on any atom is 0.338 e. The van der Waals surface area contributed by atoms with Gasteiger partial charge in [0.05, 0.1) is 57.4 Å². The quantitative estimate of drug-likeness (QED) is 0.00578. The molecule has 4 N–H and O–H groups in total. The van der Waals surface area contributed by atoms with E-state index < -0.39 is 55.4 Å². The minimum atomic E-state index is -3.80. The van der Waals surface area contributed by atoms with Crippen LogP contribution in [0.4, 0.5) is 28.4 Å². The lowest BCUT2D eigenvalue weighted by Gasteiger charge is -2.22. The maximum absolute atomic E-state index is 13.3. The Bertz CT molecular complexity index is 5360. The predicted molar refractivity (Wildman–Crippen MR) is 420 cm³/mol. The van der Waals surface area contributed by atoms with E-state index in [0.717, 1.165) is 75.2 Å². The molecule has 28 nitrogen and oxygen atoms in total. The second-order valence-electron chi connectivity index (χ2n) is 24.8. The average Bonchev–Trinajstić information content (AvgIpc) is 0.800. The summed E-state index contributed by atoms with van der Waals surface area (Å²) < 4.78 is 86.3. The molecule has 0 saturated carbocycles. The van der Waals surface area contributed by atoms with Crippen LogP contribution in [0.25, 0.3) is 39.1 Å².